The Labute approximate surface area is 199 Å². The Balaban J connectivity index is 1.43. The number of halogens is 3. The molecule has 180 valence electrons. The number of alkyl halides is 3. The van der Waals surface area contributed by atoms with E-state index in [4.69, 9.17) is 4.74 Å². The largest absolute Gasteiger partial charge is 0.479 e. The molecule has 0 saturated carbocycles. The van der Waals surface area contributed by atoms with E-state index in [2.05, 4.69) is 20.1 Å². The van der Waals surface area contributed by atoms with Gasteiger partial charge >= 0.3 is 6.18 Å². The number of hydrogen-bond donors (Lipinski definition) is 0. The van der Waals surface area contributed by atoms with Gasteiger partial charge in [-0.05, 0) is 55.7 Å². The lowest BCUT2D eigenvalue weighted by atomic mass is 9.88. The molecule has 0 saturated heterocycles. The number of hydrogen-bond acceptors (Lipinski definition) is 5. The molecule has 0 unspecified atom stereocenters. The molecule has 0 radical (unpaired) electrons. The summed E-state index contributed by atoms with van der Waals surface area (Å²) < 4.78 is 49.8. The summed E-state index contributed by atoms with van der Waals surface area (Å²) in [5.41, 5.74) is 1.88. The standard InChI is InChI=1S/C25H23F3N6O/c1-16-14-33(15-29-16)21-11-9-17(30-24(21)35-2)10-12-22-31-23-19(7-5-13-34(23)32-22)18-6-3-4-8-20(18)25(26,27)28/h3-4,6,8-12,14-15,19H,5,7,13H2,1-2H3/t19-/m1/s1. The van der Waals surface area contributed by atoms with Crippen molar-refractivity contribution in [3.8, 4) is 11.6 Å². The quantitative estimate of drug-likeness (QED) is 0.388. The molecule has 0 amide bonds. The van der Waals surface area contributed by atoms with E-state index in [1.165, 1.54) is 12.1 Å². The summed E-state index contributed by atoms with van der Waals surface area (Å²) in [7, 11) is 1.55. The third-order valence-electron chi connectivity index (χ3n) is 5.98. The normalized spacial score (nSPS) is 16.0. The van der Waals surface area contributed by atoms with Crippen molar-refractivity contribution in [2.45, 2.75) is 38.4 Å². The number of fused-ring (bicyclic) bond motifs is 1. The SMILES string of the molecule is COc1nc(C=Cc2nc3n(n2)CCC[C@@H]3c2ccccc2C(F)(F)F)ccc1-n1cnc(C)c1. The van der Waals surface area contributed by atoms with Crippen LogP contribution in [0.15, 0.2) is 48.9 Å². The topological polar surface area (TPSA) is 70.7 Å². The molecule has 1 atom stereocenters. The van der Waals surface area contributed by atoms with Crippen molar-refractivity contribution in [2.24, 2.45) is 0 Å². The zero-order chi connectivity index (χ0) is 24.6. The van der Waals surface area contributed by atoms with Crippen LogP contribution < -0.4 is 4.74 Å². The summed E-state index contributed by atoms with van der Waals surface area (Å²) in [5, 5.41) is 4.51. The van der Waals surface area contributed by atoms with Crippen molar-refractivity contribution in [3.63, 3.8) is 0 Å². The van der Waals surface area contributed by atoms with Crippen LogP contribution in [0.25, 0.3) is 17.8 Å². The average Bonchev–Trinajstić information content (AvgIpc) is 3.47. The van der Waals surface area contributed by atoms with Gasteiger partial charge in [-0.2, -0.15) is 18.3 Å². The van der Waals surface area contributed by atoms with Crippen LogP contribution >= 0.6 is 0 Å². The minimum atomic E-state index is -4.42. The number of nitrogens with zero attached hydrogens (tertiary/aromatic N) is 6. The van der Waals surface area contributed by atoms with E-state index in [9.17, 15) is 13.2 Å². The highest BCUT2D eigenvalue weighted by Gasteiger charge is 2.37. The number of methoxy groups -OCH3 is 1. The smallest absolute Gasteiger partial charge is 0.416 e. The number of aromatic nitrogens is 6. The molecule has 10 heteroatoms. The minimum absolute atomic E-state index is 0.237. The van der Waals surface area contributed by atoms with Gasteiger partial charge in [0.25, 0.3) is 0 Å². The van der Waals surface area contributed by atoms with Crippen molar-refractivity contribution in [2.75, 3.05) is 7.11 Å². The summed E-state index contributed by atoms with van der Waals surface area (Å²) in [6.07, 6.45) is 3.92. The first kappa shape index (κ1) is 22.8. The fourth-order valence-electron chi connectivity index (χ4n) is 4.39. The maximum Gasteiger partial charge on any atom is 0.416 e. The maximum absolute atomic E-state index is 13.6. The van der Waals surface area contributed by atoms with E-state index in [0.29, 0.717) is 36.2 Å². The van der Waals surface area contributed by atoms with E-state index in [1.807, 2.05) is 29.8 Å². The zero-order valence-electron chi connectivity index (χ0n) is 19.2. The van der Waals surface area contributed by atoms with Gasteiger partial charge < -0.3 is 9.30 Å². The number of aryl methyl sites for hydroxylation is 2. The molecular formula is C25H23F3N6O. The molecule has 0 aliphatic carbocycles. The van der Waals surface area contributed by atoms with Gasteiger partial charge in [0.2, 0.25) is 5.88 Å². The molecule has 4 heterocycles. The van der Waals surface area contributed by atoms with Crippen molar-refractivity contribution in [1.82, 2.24) is 29.3 Å². The molecule has 1 aliphatic rings. The highest BCUT2D eigenvalue weighted by molar-refractivity contribution is 5.65. The molecule has 7 nitrogen and oxygen atoms in total. The molecule has 1 aromatic carbocycles. The molecule has 0 bridgehead atoms. The van der Waals surface area contributed by atoms with Gasteiger partial charge in [-0.15, -0.1) is 0 Å². The number of benzene rings is 1. The molecule has 35 heavy (non-hydrogen) atoms. The Kier molecular flexibility index (Phi) is 5.88. The molecule has 1 aliphatic heterocycles. The molecule has 4 aromatic rings. The lowest BCUT2D eigenvalue weighted by Crippen LogP contribution is -2.21. The highest BCUT2D eigenvalue weighted by Crippen LogP contribution is 2.40. The second-order valence-corrected chi connectivity index (χ2v) is 8.35. The number of ether oxygens (including phenoxy) is 1. The fourth-order valence-corrected chi connectivity index (χ4v) is 4.39. The lowest BCUT2D eigenvalue weighted by molar-refractivity contribution is -0.138. The van der Waals surface area contributed by atoms with Gasteiger partial charge in [-0.3, -0.25) is 0 Å². The maximum atomic E-state index is 13.6. The van der Waals surface area contributed by atoms with E-state index in [1.54, 1.807) is 36.3 Å². The summed E-state index contributed by atoms with van der Waals surface area (Å²) in [5.74, 6) is 0.938. The Morgan fingerprint density at radius 3 is 2.66 bits per heavy atom. The predicted molar refractivity (Wildman–Crippen MR) is 124 cm³/mol. The monoisotopic (exact) mass is 480 g/mol. The third-order valence-corrected chi connectivity index (χ3v) is 5.98. The zero-order valence-corrected chi connectivity index (χ0v) is 19.2. The Morgan fingerprint density at radius 1 is 1.09 bits per heavy atom. The summed E-state index contributed by atoms with van der Waals surface area (Å²) in [6, 6.07) is 9.42. The summed E-state index contributed by atoms with van der Waals surface area (Å²) >= 11 is 0. The van der Waals surface area contributed by atoms with Crippen molar-refractivity contribution >= 4 is 12.2 Å². The predicted octanol–water partition coefficient (Wildman–Crippen LogP) is 5.29. The van der Waals surface area contributed by atoms with E-state index in [-0.39, 0.29) is 5.56 Å². The van der Waals surface area contributed by atoms with Gasteiger partial charge in [0.1, 0.15) is 11.5 Å². The molecule has 5 rings (SSSR count). The first-order valence-electron chi connectivity index (χ1n) is 11.2. The van der Waals surface area contributed by atoms with Gasteiger partial charge in [0, 0.05) is 18.7 Å². The Bertz CT molecular complexity index is 1390. The minimum Gasteiger partial charge on any atom is -0.479 e. The summed E-state index contributed by atoms with van der Waals surface area (Å²) in [6.45, 7) is 2.52. The molecule has 3 aromatic heterocycles. The Hall–Kier alpha value is -3.95. The van der Waals surface area contributed by atoms with Crippen LogP contribution in [0.5, 0.6) is 5.88 Å². The van der Waals surface area contributed by atoms with Gasteiger partial charge in [-0.1, -0.05) is 18.2 Å². The third kappa shape index (κ3) is 4.55. The van der Waals surface area contributed by atoms with Crippen LogP contribution in [-0.4, -0.2) is 36.4 Å². The number of pyridine rings is 1. The average molecular weight is 480 g/mol. The van der Waals surface area contributed by atoms with Crippen molar-refractivity contribution in [3.05, 3.63) is 83.1 Å². The fraction of sp³-hybridized carbons (Fsp3) is 0.280. The number of rotatable bonds is 5. The van der Waals surface area contributed by atoms with E-state index in [0.717, 1.165) is 23.9 Å². The van der Waals surface area contributed by atoms with Crippen LogP contribution in [0.3, 0.4) is 0 Å². The molecule has 0 N–H and O–H groups in total. The first-order valence-corrected chi connectivity index (χ1v) is 11.2. The van der Waals surface area contributed by atoms with Crippen LogP contribution in [-0.2, 0) is 12.7 Å². The molecular weight excluding hydrogens is 457 g/mol. The first-order chi connectivity index (χ1) is 16.8. The highest BCUT2D eigenvalue weighted by atomic mass is 19.4. The van der Waals surface area contributed by atoms with Crippen molar-refractivity contribution < 1.29 is 17.9 Å². The van der Waals surface area contributed by atoms with Crippen LogP contribution in [0.4, 0.5) is 13.2 Å². The summed E-state index contributed by atoms with van der Waals surface area (Å²) in [4.78, 5) is 13.3. The second-order valence-electron chi connectivity index (χ2n) is 8.35. The van der Waals surface area contributed by atoms with E-state index < -0.39 is 17.7 Å². The van der Waals surface area contributed by atoms with Crippen LogP contribution in [0.1, 0.15) is 52.9 Å². The lowest BCUT2D eigenvalue weighted by Gasteiger charge is -2.25. The van der Waals surface area contributed by atoms with E-state index >= 15 is 0 Å². The molecule has 0 spiro atoms. The van der Waals surface area contributed by atoms with Crippen LogP contribution in [0, 0.1) is 6.92 Å². The Morgan fingerprint density at radius 2 is 1.91 bits per heavy atom. The number of imidazole rings is 1. The van der Waals surface area contributed by atoms with Gasteiger partial charge in [0.15, 0.2) is 5.82 Å². The van der Waals surface area contributed by atoms with Gasteiger partial charge in [-0.25, -0.2) is 19.6 Å². The second kappa shape index (κ2) is 9.01. The van der Waals surface area contributed by atoms with Gasteiger partial charge in [0.05, 0.1) is 30.4 Å². The van der Waals surface area contributed by atoms with Crippen LogP contribution in [0.2, 0.25) is 0 Å². The van der Waals surface area contributed by atoms with Crippen molar-refractivity contribution in [1.29, 1.82) is 0 Å². The molecule has 0 fully saturated rings.